The van der Waals surface area contributed by atoms with Gasteiger partial charge in [-0.25, -0.2) is 0 Å². The second-order valence-corrected chi connectivity index (χ2v) is 12.3. The van der Waals surface area contributed by atoms with E-state index in [4.69, 9.17) is 21.9 Å². The van der Waals surface area contributed by atoms with E-state index in [1.807, 2.05) is 27.7 Å². The van der Waals surface area contributed by atoms with Crippen molar-refractivity contribution in [2.24, 2.45) is 27.7 Å². The summed E-state index contributed by atoms with van der Waals surface area (Å²) in [6.07, 6.45) is 6.01. The first-order chi connectivity index (χ1) is 18.7. The van der Waals surface area contributed by atoms with E-state index in [0.29, 0.717) is 49.6 Å². The predicted molar refractivity (Wildman–Crippen MR) is 160 cm³/mol. The van der Waals surface area contributed by atoms with E-state index >= 15 is 0 Å². The molecule has 232 valence electrons. The van der Waals surface area contributed by atoms with Crippen LogP contribution < -0.4 is 32.7 Å². The fraction of sp³-hybridized carbons (Fsp3) is 0.857. The Morgan fingerprint density at radius 3 is 1.82 bits per heavy atom. The summed E-state index contributed by atoms with van der Waals surface area (Å²) in [6, 6.07) is -0.0273. The van der Waals surface area contributed by atoms with Crippen LogP contribution in [0.3, 0.4) is 0 Å². The highest BCUT2D eigenvalue weighted by Crippen LogP contribution is 2.17. The van der Waals surface area contributed by atoms with Crippen molar-refractivity contribution in [3.8, 4) is 0 Å². The molecule has 0 aromatic rings. The Balaban J connectivity index is 2.46. The molecule has 10 N–H and O–H groups in total. The molecule has 0 saturated heterocycles. The lowest BCUT2D eigenvalue weighted by atomic mass is 9.88. The van der Waals surface area contributed by atoms with E-state index in [1.165, 1.54) is 0 Å². The number of hydrogen-bond donors (Lipinski definition) is 8. The quantitative estimate of drug-likeness (QED) is 0.0695. The number of nitrogens with one attached hydrogen (secondary N) is 4. The van der Waals surface area contributed by atoms with Gasteiger partial charge in [0.1, 0.15) is 0 Å². The second kappa shape index (κ2) is 17.5. The van der Waals surface area contributed by atoms with Crippen LogP contribution in [0.25, 0.3) is 0 Å². The zero-order valence-electron chi connectivity index (χ0n) is 25.6. The monoisotopic (exact) mass is 568 g/mol. The van der Waals surface area contributed by atoms with Gasteiger partial charge in [0.2, 0.25) is 11.8 Å². The summed E-state index contributed by atoms with van der Waals surface area (Å²) in [6.45, 7) is 13.4. The maximum absolute atomic E-state index is 12.4. The maximum Gasteiger partial charge on any atom is 0.220 e. The second-order valence-electron chi connectivity index (χ2n) is 12.3. The van der Waals surface area contributed by atoms with Crippen molar-refractivity contribution in [2.45, 2.75) is 129 Å². The summed E-state index contributed by atoms with van der Waals surface area (Å²) in [5, 5.41) is 37.8. The fourth-order valence-corrected chi connectivity index (χ4v) is 4.69. The third-order valence-corrected chi connectivity index (χ3v) is 8.35. The molecule has 1 aliphatic carbocycles. The third kappa shape index (κ3) is 13.4. The lowest BCUT2D eigenvalue weighted by molar-refractivity contribution is -0.123. The summed E-state index contributed by atoms with van der Waals surface area (Å²) in [7, 11) is 0. The highest BCUT2D eigenvalue weighted by atomic mass is 16.4. The third-order valence-electron chi connectivity index (χ3n) is 8.35. The largest absolute Gasteiger partial charge is 0.411 e. The van der Waals surface area contributed by atoms with Crippen LogP contribution in [0.2, 0.25) is 0 Å². The molecule has 0 heterocycles. The van der Waals surface area contributed by atoms with Crippen LogP contribution in [-0.2, 0) is 9.59 Å². The molecule has 3 atom stereocenters. The SMILES string of the molecule is C/C(=N/O)C(C)(C)NCCC(CCNC(=O)CCCC(=O)N[C@H]1CC[C@@H](N)[C@@H](N)C1)CCNC(C)(C)/C(C)=N\O. The molecule has 0 radical (unpaired) electrons. The molecule has 0 unspecified atom stereocenters. The Morgan fingerprint density at radius 2 is 1.32 bits per heavy atom. The first kappa shape index (κ1) is 35.7. The minimum Gasteiger partial charge on any atom is -0.411 e. The molecule has 0 spiro atoms. The average molecular weight is 569 g/mol. The number of nitrogens with two attached hydrogens (primary N) is 2. The summed E-state index contributed by atoms with van der Waals surface area (Å²) >= 11 is 0. The van der Waals surface area contributed by atoms with E-state index in [-0.39, 0.29) is 29.9 Å². The maximum atomic E-state index is 12.4. The van der Waals surface area contributed by atoms with Crippen LogP contribution in [0.5, 0.6) is 0 Å². The summed E-state index contributed by atoms with van der Waals surface area (Å²) in [5.41, 5.74) is 12.3. The average Bonchev–Trinajstić information content (AvgIpc) is 2.89. The molecule has 0 aromatic carbocycles. The zero-order chi connectivity index (χ0) is 30.3. The number of carbonyl (C=O) groups excluding carboxylic acids is 2. The van der Waals surface area contributed by atoms with Gasteiger partial charge in [0, 0.05) is 37.5 Å². The van der Waals surface area contributed by atoms with Crippen LogP contribution in [0.15, 0.2) is 10.3 Å². The molecule has 12 heteroatoms. The van der Waals surface area contributed by atoms with Crippen LogP contribution in [0.1, 0.15) is 99.3 Å². The molecule has 0 bridgehead atoms. The van der Waals surface area contributed by atoms with Gasteiger partial charge in [-0.3, -0.25) is 9.59 Å². The van der Waals surface area contributed by atoms with Gasteiger partial charge in [0.05, 0.1) is 22.5 Å². The minimum atomic E-state index is -0.426. The lowest BCUT2D eigenvalue weighted by Gasteiger charge is -2.32. The van der Waals surface area contributed by atoms with Crippen molar-refractivity contribution in [1.29, 1.82) is 0 Å². The lowest BCUT2D eigenvalue weighted by Crippen LogP contribution is -2.51. The molecule has 1 rings (SSSR count). The van der Waals surface area contributed by atoms with Crippen LogP contribution in [-0.4, -0.2) is 82.5 Å². The van der Waals surface area contributed by atoms with E-state index in [9.17, 15) is 9.59 Å². The molecular formula is C28H56N8O4. The Kier molecular flexibility index (Phi) is 15.7. The summed E-state index contributed by atoms with van der Waals surface area (Å²) < 4.78 is 0. The molecule has 0 aliphatic heterocycles. The van der Waals surface area contributed by atoms with Gasteiger partial charge in [-0.15, -0.1) is 0 Å². The summed E-state index contributed by atoms with van der Waals surface area (Å²) in [4.78, 5) is 24.7. The van der Waals surface area contributed by atoms with Gasteiger partial charge < -0.3 is 43.1 Å². The molecule has 0 aromatic heterocycles. The van der Waals surface area contributed by atoms with Gasteiger partial charge >= 0.3 is 0 Å². The smallest absolute Gasteiger partial charge is 0.220 e. The normalized spacial score (nSPS) is 21.6. The summed E-state index contributed by atoms with van der Waals surface area (Å²) in [5.74, 6) is 0.222. The topological polar surface area (TPSA) is 199 Å². The van der Waals surface area contributed by atoms with Gasteiger partial charge in [0.15, 0.2) is 0 Å². The molecular weight excluding hydrogens is 512 g/mol. The highest BCUT2D eigenvalue weighted by Gasteiger charge is 2.26. The molecule has 1 aliphatic rings. The molecule has 2 amide bonds. The molecule has 1 saturated carbocycles. The minimum absolute atomic E-state index is 0.00233. The Labute approximate surface area is 240 Å². The van der Waals surface area contributed by atoms with Crippen molar-refractivity contribution >= 4 is 23.2 Å². The van der Waals surface area contributed by atoms with Crippen molar-refractivity contribution in [3.05, 3.63) is 0 Å². The van der Waals surface area contributed by atoms with Gasteiger partial charge in [-0.05, 0) is 105 Å². The first-order valence-electron chi connectivity index (χ1n) is 14.7. The number of oxime groups is 2. The van der Waals surface area contributed by atoms with Crippen molar-refractivity contribution in [2.75, 3.05) is 19.6 Å². The fourth-order valence-electron chi connectivity index (χ4n) is 4.69. The first-order valence-corrected chi connectivity index (χ1v) is 14.7. The van der Waals surface area contributed by atoms with E-state index in [0.717, 1.165) is 45.2 Å². The van der Waals surface area contributed by atoms with Gasteiger partial charge in [-0.1, -0.05) is 10.3 Å². The molecule has 40 heavy (non-hydrogen) atoms. The van der Waals surface area contributed by atoms with Gasteiger partial charge in [0.25, 0.3) is 0 Å². The Hall–Kier alpha value is -2.28. The zero-order valence-corrected chi connectivity index (χ0v) is 25.6. The highest BCUT2D eigenvalue weighted by molar-refractivity contribution is 5.90. The van der Waals surface area contributed by atoms with Crippen molar-refractivity contribution in [3.63, 3.8) is 0 Å². The number of amides is 2. The number of hydrogen-bond acceptors (Lipinski definition) is 10. The molecule has 12 nitrogen and oxygen atoms in total. The Morgan fingerprint density at radius 1 is 0.825 bits per heavy atom. The van der Waals surface area contributed by atoms with Crippen molar-refractivity contribution < 1.29 is 20.0 Å². The number of carbonyl (C=O) groups is 2. The van der Waals surface area contributed by atoms with Crippen molar-refractivity contribution in [1.82, 2.24) is 21.3 Å². The standard InChI is InChI=1S/C28H56N8O4/c1-19(35-39)27(3,4)32-16-13-21(14-17-33-28(5,6)20(2)36-40)12-15-31-25(37)8-7-9-26(38)34-22-10-11-23(29)24(30)18-22/h21-24,32-33,39-40H,7-18,29-30H2,1-6H3,(H,31,37)(H,34,38)/b35-19-,36-20-/t22-,23+,24-/m0/s1. The van der Waals surface area contributed by atoms with Gasteiger partial charge in [-0.2, -0.15) is 0 Å². The molecule has 1 fully saturated rings. The van der Waals surface area contributed by atoms with Crippen LogP contribution in [0, 0.1) is 5.92 Å². The van der Waals surface area contributed by atoms with Crippen LogP contribution in [0.4, 0.5) is 0 Å². The number of nitrogens with zero attached hydrogens (tertiary/aromatic N) is 2. The van der Waals surface area contributed by atoms with E-state index in [1.54, 1.807) is 13.8 Å². The van der Waals surface area contributed by atoms with Crippen LogP contribution >= 0.6 is 0 Å². The number of rotatable bonds is 18. The van der Waals surface area contributed by atoms with E-state index in [2.05, 4.69) is 31.6 Å². The predicted octanol–water partition coefficient (Wildman–Crippen LogP) is 1.82. The Bertz CT molecular complexity index is 810. The van der Waals surface area contributed by atoms with E-state index < -0.39 is 11.1 Å².